The highest BCUT2D eigenvalue weighted by atomic mass is 16.4. The van der Waals surface area contributed by atoms with E-state index >= 15 is 0 Å². The molecule has 1 heterocycles. The zero-order chi connectivity index (χ0) is 9.68. The van der Waals surface area contributed by atoms with Crippen molar-refractivity contribution in [2.75, 3.05) is 0 Å². The molecule has 13 heavy (non-hydrogen) atoms. The van der Waals surface area contributed by atoms with Gasteiger partial charge in [-0.1, -0.05) is 11.3 Å². The largest absolute Gasteiger partial charge is 0.478 e. The zero-order valence-corrected chi connectivity index (χ0v) is 7.34. The van der Waals surface area contributed by atoms with E-state index in [1.54, 1.807) is 17.8 Å². The fourth-order valence-corrected chi connectivity index (χ4v) is 0.925. The van der Waals surface area contributed by atoms with Gasteiger partial charge in [0.15, 0.2) is 0 Å². The Morgan fingerprint density at radius 1 is 1.77 bits per heavy atom. The smallest absolute Gasteiger partial charge is 0.327 e. The van der Waals surface area contributed by atoms with Gasteiger partial charge in [0.2, 0.25) is 0 Å². The standard InChI is InChI=1S/C8H11N3O2/c1-11-6-7(9-10-11)4-2-3-5-8(12)13/h3,5-6H,2,4H2,1H3,(H,12,13)/b5-3+. The molecule has 0 aromatic carbocycles. The minimum absolute atomic E-state index is 0.672. The van der Waals surface area contributed by atoms with Crippen molar-refractivity contribution in [3.8, 4) is 0 Å². The topological polar surface area (TPSA) is 68.0 Å². The highest BCUT2D eigenvalue weighted by Crippen LogP contribution is 1.97. The van der Waals surface area contributed by atoms with Crippen molar-refractivity contribution < 1.29 is 9.90 Å². The van der Waals surface area contributed by atoms with Crippen LogP contribution in [-0.4, -0.2) is 26.1 Å². The molecule has 70 valence electrons. The van der Waals surface area contributed by atoms with Gasteiger partial charge < -0.3 is 5.11 Å². The molecule has 1 aromatic rings. The van der Waals surface area contributed by atoms with Gasteiger partial charge in [0.25, 0.3) is 0 Å². The molecule has 0 atom stereocenters. The first-order valence-corrected chi connectivity index (χ1v) is 3.93. The van der Waals surface area contributed by atoms with E-state index < -0.39 is 5.97 Å². The van der Waals surface area contributed by atoms with E-state index in [9.17, 15) is 4.79 Å². The number of aryl methyl sites for hydroxylation is 2. The molecule has 0 aliphatic rings. The zero-order valence-electron chi connectivity index (χ0n) is 7.34. The van der Waals surface area contributed by atoms with Crippen LogP contribution in [0.1, 0.15) is 12.1 Å². The van der Waals surface area contributed by atoms with Crippen LogP contribution >= 0.6 is 0 Å². The Bertz CT molecular complexity index is 317. The second-order valence-corrected chi connectivity index (χ2v) is 2.66. The number of carboxylic acids is 1. The minimum atomic E-state index is -0.917. The van der Waals surface area contributed by atoms with Crippen molar-refractivity contribution in [1.29, 1.82) is 0 Å². The second-order valence-electron chi connectivity index (χ2n) is 2.66. The van der Waals surface area contributed by atoms with Crippen molar-refractivity contribution in [2.24, 2.45) is 7.05 Å². The van der Waals surface area contributed by atoms with E-state index in [1.807, 2.05) is 6.20 Å². The molecule has 0 bridgehead atoms. The Morgan fingerprint density at radius 2 is 2.54 bits per heavy atom. The lowest BCUT2D eigenvalue weighted by Crippen LogP contribution is -1.87. The normalized spacial score (nSPS) is 10.8. The summed E-state index contributed by atoms with van der Waals surface area (Å²) in [6, 6.07) is 0. The summed E-state index contributed by atoms with van der Waals surface area (Å²) in [5, 5.41) is 15.9. The predicted octanol–water partition coefficient (Wildman–Crippen LogP) is 0.388. The number of hydrogen-bond acceptors (Lipinski definition) is 3. The highest BCUT2D eigenvalue weighted by Gasteiger charge is 1.95. The van der Waals surface area contributed by atoms with Gasteiger partial charge in [-0.25, -0.2) is 4.79 Å². The molecule has 0 saturated heterocycles. The molecule has 5 heteroatoms. The Balaban J connectivity index is 2.31. The third kappa shape index (κ3) is 3.50. The third-order valence-electron chi connectivity index (χ3n) is 1.48. The number of rotatable bonds is 4. The van der Waals surface area contributed by atoms with Gasteiger partial charge in [-0.05, 0) is 12.8 Å². The van der Waals surface area contributed by atoms with Crippen LogP contribution in [0, 0.1) is 0 Å². The lowest BCUT2D eigenvalue weighted by molar-refractivity contribution is -0.131. The average Bonchev–Trinajstić information content (AvgIpc) is 2.45. The molecule has 0 saturated carbocycles. The number of aromatic nitrogens is 3. The third-order valence-corrected chi connectivity index (χ3v) is 1.48. The van der Waals surface area contributed by atoms with E-state index in [4.69, 9.17) is 5.11 Å². The predicted molar refractivity (Wildman–Crippen MR) is 46.1 cm³/mol. The van der Waals surface area contributed by atoms with Crippen LogP contribution in [-0.2, 0) is 18.3 Å². The molecular weight excluding hydrogens is 170 g/mol. The maximum absolute atomic E-state index is 10.1. The SMILES string of the molecule is Cn1cc(CC/C=C/C(=O)O)nn1. The van der Waals surface area contributed by atoms with Gasteiger partial charge >= 0.3 is 5.97 Å². The van der Waals surface area contributed by atoms with Crippen molar-refractivity contribution >= 4 is 5.97 Å². The van der Waals surface area contributed by atoms with E-state index in [2.05, 4.69) is 10.3 Å². The van der Waals surface area contributed by atoms with Gasteiger partial charge in [0.1, 0.15) is 0 Å². The summed E-state index contributed by atoms with van der Waals surface area (Å²) in [6.07, 6.45) is 5.95. The molecule has 0 aliphatic heterocycles. The monoisotopic (exact) mass is 181 g/mol. The Kier molecular flexibility index (Phi) is 3.19. The van der Waals surface area contributed by atoms with Crippen LogP contribution in [0.15, 0.2) is 18.3 Å². The number of nitrogens with zero attached hydrogens (tertiary/aromatic N) is 3. The molecule has 0 spiro atoms. The van der Waals surface area contributed by atoms with E-state index in [-0.39, 0.29) is 0 Å². The number of aliphatic carboxylic acids is 1. The van der Waals surface area contributed by atoms with Crippen LogP contribution in [0.2, 0.25) is 0 Å². The summed E-state index contributed by atoms with van der Waals surface area (Å²) in [5.74, 6) is -0.917. The average molecular weight is 181 g/mol. The van der Waals surface area contributed by atoms with Crippen LogP contribution in [0.25, 0.3) is 0 Å². The van der Waals surface area contributed by atoms with Crippen molar-refractivity contribution in [2.45, 2.75) is 12.8 Å². The number of carboxylic acid groups (broad SMARTS) is 1. The van der Waals surface area contributed by atoms with Gasteiger partial charge in [0, 0.05) is 19.3 Å². The molecule has 0 radical (unpaired) electrons. The van der Waals surface area contributed by atoms with Crippen molar-refractivity contribution in [3.63, 3.8) is 0 Å². The maximum atomic E-state index is 10.1. The minimum Gasteiger partial charge on any atom is -0.478 e. The summed E-state index contributed by atoms with van der Waals surface area (Å²) >= 11 is 0. The Labute approximate surface area is 75.7 Å². The Morgan fingerprint density at radius 3 is 3.08 bits per heavy atom. The summed E-state index contributed by atoms with van der Waals surface area (Å²) in [6.45, 7) is 0. The lowest BCUT2D eigenvalue weighted by atomic mass is 10.2. The van der Waals surface area contributed by atoms with Gasteiger partial charge in [-0.3, -0.25) is 4.68 Å². The van der Waals surface area contributed by atoms with Crippen LogP contribution in [0.4, 0.5) is 0 Å². The van der Waals surface area contributed by atoms with Crippen molar-refractivity contribution in [3.05, 3.63) is 24.0 Å². The molecule has 0 fully saturated rings. The summed E-state index contributed by atoms with van der Waals surface area (Å²) < 4.78 is 1.62. The highest BCUT2D eigenvalue weighted by molar-refractivity contribution is 5.79. The molecule has 5 nitrogen and oxygen atoms in total. The first-order valence-electron chi connectivity index (χ1n) is 3.93. The molecule has 0 aliphatic carbocycles. The molecule has 1 rings (SSSR count). The summed E-state index contributed by atoms with van der Waals surface area (Å²) in [4.78, 5) is 10.1. The fraction of sp³-hybridized carbons (Fsp3) is 0.375. The van der Waals surface area contributed by atoms with E-state index in [0.29, 0.717) is 6.42 Å². The fourth-order valence-electron chi connectivity index (χ4n) is 0.925. The van der Waals surface area contributed by atoms with Crippen molar-refractivity contribution in [1.82, 2.24) is 15.0 Å². The van der Waals surface area contributed by atoms with E-state index in [1.165, 1.54) is 0 Å². The van der Waals surface area contributed by atoms with Gasteiger partial charge in [0.05, 0.1) is 5.69 Å². The molecule has 0 amide bonds. The number of carbonyl (C=O) groups is 1. The van der Waals surface area contributed by atoms with Crippen LogP contribution in [0.3, 0.4) is 0 Å². The summed E-state index contributed by atoms with van der Waals surface area (Å²) in [5.41, 5.74) is 0.873. The first kappa shape index (κ1) is 9.44. The molecule has 1 N–H and O–H groups in total. The number of hydrogen-bond donors (Lipinski definition) is 1. The molecule has 0 unspecified atom stereocenters. The summed E-state index contributed by atoms with van der Waals surface area (Å²) in [7, 11) is 1.80. The quantitative estimate of drug-likeness (QED) is 0.682. The second kappa shape index (κ2) is 4.39. The first-order chi connectivity index (χ1) is 6.18. The lowest BCUT2D eigenvalue weighted by Gasteiger charge is -1.87. The maximum Gasteiger partial charge on any atom is 0.327 e. The van der Waals surface area contributed by atoms with Gasteiger partial charge in [-0.15, -0.1) is 5.10 Å². The van der Waals surface area contributed by atoms with Crippen LogP contribution in [0.5, 0.6) is 0 Å². The Hall–Kier alpha value is -1.65. The van der Waals surface area contributed by atoms with Crippen LogP contribution < -0.4 is 0 Å². The molecular formula is C8H11N3O2. The van der Waals surface area contributed by atoms with E-state index in [0.717, 1.165) is 18.2 Å². The van der Waals surface area contributed by atoms with Gasteiger partial charge in [-0.2, -0.15) is 0 Å². The molecule has 1 aromatic heterocycles. The number of allylic oxidation sites excluding steroid dienone is 1.